The highest BCUT2D eigenvalue weighted by Crippen LogP contribution is 2.22. The monoisotopic (exact) mass is 367 g/mol. The van der Waals surface area contributed by atoms with Crippen LogP contribution in [0.15, 0.2) is 71.9 Å². The molecule has 0 aliphatic rings. The van der Waals surface area contributed by atoms with E-state index in [9.17, 15) is 8.42 Å². The summed E-state index contributed by atoms with van der Waals surface area (Å²) in [5.41, 5.74) is 4.14. The first kappa shape index (κ1) is 17.9. The van der Waals surface area contributed by atoms with Gasteiger partial charge in [-0.1, -0.05) is 18.2 Å². The molecule has 0 aliphatic heterocycles. The van der Waals surface area contributed by atoms with E-state index in [1.807, 2.05) is 43.3 Å². The van der Waals surface area contributed by atoms with E-state index in [1.165, 1.54) is 0 Å². The zero-order chi connectivity index (χ0) is 18.6. The molecule has 2 aromatic carbocycles. The van der Waals surface area contributed by atoms with Crippen LogP contribution in [-0.2, 0) is 16.6 Å². The van der Waals surface area contributed by atoms with Gasteiger partial charge >= 0.3 is 0 Å². The number of nitrogens with zero attached hydrogens (tertiary/aromatic N) is 1. The van der Waals surface area contributed by atoms with Crippen molar-refractivity contribution in [2.75, 3.05) is 10.0 Å². The highest BCUT2D eigenvalue weighted by Gasteiger charge is 2.17. The molecule has 3 aromatic rings. The number of aromatic nitrogens is 1. The number of aryl methyl sites for hydroxylation is 2. The van der Waals surface area contributed by atoms with E-state index in [1.54, 1.807) is 37.5 Å². The normalized spacial score (nSPS) is 11.2. The minimum absolute atomic E-state index is 0.302. The average Bonchev–Trinajstić information content (AvgIpc) is 2.64. The fourth-order valence-corrected chi connectivity index (χ4v) is 3.96. The molecule has 1 heterocycles. The zero-order valence-corrected chi connectivity index (χ0v) is 15.5. The van der Waals surface area contributed by atoms with Crippen LogP contribution in [0, 0.1) is 13.8 Å². The van der Waals surface area contributed by atoms with Gasteiger partial charge in [0.1, 0.15) is 0 Å². The molecule has 6 heteroatoms. The second-order valence-corrected chi connectivity index (χ2v) is 7.82. The summed E-state index contributed by atoms with van der Waals surface area (Å²) in [4.78, 5) is 4.38. The third-order valence-corrected chi connectivity index (χ3v) is 5.51. The molecule has 0 saturated carbocycles. The lowest BCUT2D eigenvalue weighted by Gasteiger charge is -2.12. The van der Waals surface area contributed by atoms with Crippen LogP contribution in [0.2, 0.25) is 0 Å². The summed E-state index contributed by atoms with van der Waals surface area (Å²) in [6.45, 7) is 4.32. The third kappa shape index (κ3) is 4.40. The van der Waals surface area contributed by atoms with Crippen molar-refractivity contribution in [2.45, 2.75) is 25.3 Å². The molecule has 0 atom stereocenters. The molecule has 1 aromatic heterocycles. The summed E-state index contributed by atoms with van der Waals surface area (Å²) in [5, 5.41) is 3.28. The number of benzene rings is 2. The van der Waals surface area contributed by atoms with Gasteiger partial charge in [0.15, 0.2) is 0 Å². The Bertz CT molecular complexity index is 985. The van der Waals surface area contributed by atoms with Crippen LogP contribution >= 0.6 is 0 Å². The first-order chi connectivity index (χ1) is 12.4. The summed E-state index contributed by atoms with van der Waals surface area (Å²) in [6.07, 6.45) is 3.54. The maximum atomic E-state index is 12.6. The first-order valence-corrected chi connectivity index (χ1v) is 9.75. The smallest absolute Gasteiger partial charge is 0.262 e. The Morgan fingerprint density at radius 3 is 2.38 bits per heavy atom. The Hall–Kier alpha value is -2.86. The first-order valence-electron chi connectivity index (χ1n) is 8.27. The van der Waals surface area contributed by atoms with Crippen molar-refractivity contribution in [3.63, 3.8) is 0 Å². The lowest BCUT2D eigenvalue weighted by Crippen LogP contribution is -2.14. The van der Waals surface area contributed by atoms with Gasteiger partial charge in [0.2, 0.25) is 0 Å². The quantitative estimate of drug-likeness (QED) is 0.688. The van der Waals surface area contributed by atoms with Gasteiger partial charge in [-0.2, -0.15) is 0 Å². The summed E-state index contributed by atoms with van der Waals surface area (Å²) in [5.74, 6) is 0. The molecule has 26 heavy (non-hydrogen) atoms. The summed E-state index contributed by atoms with van der Waals surface area (Å²) in [6, 6.07) is 16.5. The van der Waals surface area contributed by atoms with Crippen molar-refractivity contribution in [3.8, 4) is 0 Å². The van der Waals surface area contributed by atoms with Gasteiger partial charge in [-0.25, -0.2) is 8.42 Å². The van der Waals surface area contributed by atoms with Crippen LogP contribution in [0.4, 0.5) is 11.4 Å². The molecule has 5 nitrogen and oxygen atoms in total. The van der Waals surface area contributed by atoms with Gasteiger partial charge in [-0.15, -0.1) is 0 Å². The molecule has 0 fully saturated rings. The van der Waals surface area contributed by atoms with E-state index < -0.39 is 10.0 Å². The Balaban J connectivity index is 1.69. The van der Waals surface area contributed by atoms with Gasteiger partial charge in [0.05, 0.1) is 4.90 Å². The molecule has 0 bridgehead atoms. The van der Waals surface area contributed by atoms with Crippen molar-refractivity contribution in [2.24, 2.45) is 0 Å². The fourth-order valence-electron chi connectivity index (χ4n) is 2.57. The van der Waals surface area contributed by atoms with Crippen molar-refractivity contribution < 1.29 is 8.42 Å². The molecule has 0 amide bonds. The Morgan fingerprint density at radius 2 is 1.69 bits per heavy atom. The molecule has 0 saturated heterocycles. The molecule has 3 rings (SSSR count). The highest BCUT2D eigenvalue weighted by molar-refractivity contribution is 7.92. The lowest BCUT2D eigenvalue weighted by molar-refractivity contribution is 0.600. The van der Waals surface area contributed by atoms with E-state index in [2.05, 4.69) is 15.0 Å². The van der Waals surface area contributed by atoms with Crippen molar-refractivity contribution >= 4 is 21.4 Å². The Morgan fingerprint density at radius 1 is 0.962 bits per heavy atom. The Kier molecular flexibility index (Phi) is 5.23. The van der Waals surface area contributed by atoms with Gasteiger partial charge in [-0.3, -0.25) is 9.71 Å². The maximum absolute atomic E-state index is 12.6. The number of nitrogens with one attached hydrogen (secondary N) is 2. The Labute approximate surface area is 154 Å². The van der Waals surface area contributed by atoms with Crippen molar-refractivity contribution in [3.05, 3.63) is 83.7 Å². The van der Waals surface area contributed by atoms with E-state index in [-0.39, 0.29) is 0 Å². The van der Waals surface area contributed by atoms with E-state index in [0.717, 1.165) is 22.4 Å². The highest BCUT2D eigenvalue weighted by atomic mass is 32.2. The SMILES string of the molecule is Cc1ccc(C)c(S(=O)(=O)Nc2ccc(NCc3cccnc3)cc2)c1. The van der Waals surface area contributed by atoms with E-state index in [0.29, 0.717) is 17.1 Å². The fraction of sp³-hybridized carbons (Fsp3) is 0.150. The molecule has 134 valence electrons. The predicted octanol–water partition coefficient (Wildman–Crippen LogP) is 4.11. The molecule has 0 radical (unpaired) electrons. The number of hydrogen-bond acceptors (Lipinski definition) is 4. The molecule has 0 unspecified atom stereocenters. The van der Waals surface area contributed by atoms with Crippen LogP contribution in [0.5, 0.6) is 0 Å². The largest absolute Gasteiger partial charge is 0.381 e. The second-order valence-electron chi connectivity index (χ2n) is 6.17. The maximum Gasteiger partial charge on any atom is 0.262 e. The summed E-state index contributed by atoms with van der Waals surface area (Å²) < 4.78 is 27.9. The molecule has 0 aliphatic carbocycles. The average molecular weight is 367 g/mol. The van der Waals surface area contributed by atoms with Gasteiger partial charge in [-0.05, 0) is 66.9 Å². The van der Waals surface area contributed by atoms with Crippen LogP contribution < -0.4 is 10.0 Å². The molecule has 2 N–H and O–H groups in total. The standard InChI is InChI=1S/C20H21N3O2S/c1-15-5-6-16(2)20(12-15)26(24,25)23-19-9-7-18(8-10-19)22-14-17-4-3-11-21-13-17/h3-13,22-23H,14H2,1-2H3. The number of anilines is 2. The minimum Gasteiger partial charge on any atom is -0.381 e. The third-order valence-electron chi connectivity index (χ3n) is 3.99. The van der Waals surface area contributed by atoms with Gasteiger partial charge in [0, 0.05) is 30.3 Å². The number of hydrogen-bond donors (Lipinski definition) is 2. The number of pyridine rings is 1. The van der Waals surface area contributed by atoms with Crippen LogP contribution in [0.25, 0.3) is 0 Å². The number of sulfonamides is 1. The van der Waals surface area contributed by atoms with Gasteiger partial charge in [0.25, 0.3) is 10.0 Å². The van der Waals surface area contributed by atoms with Crippen LogP contribution in [-0.4, -0.2) is 13.4 Å². The van der Waals surface area contributed by atoms with Crippen molar-refractivity contribution in [1.82, 2.24) is 4.98 Å². The van der Waals surface area contributed by atoms with E-state index in [4.69, 9.17) is 0 Å². The molecule has 0 spiro atoms. The van der Waals surface area contributed by atoms with Crippen molar-refractivity contribution in [1.29, 1.82) is 0 Å². The van der Waals surface area contributed by atoms with Gasteiger partial charge < -0.3 is 5.32 Å². The number of rotatable bonds is 6. The summed E-state index contributed by atoms with van der Waals surface area (Å²) in [7, 11) is -3.61. The second kappa shape index (κ2) is 7.58. The molecular weight excluding hydrogens is 346 g/mol. The van der Waals surface area contributed by atoms with Crippen LogP contribution in [0.1, 0.15) is 16.7 Å². The summed E-state index contributed by atoms with van der Waals surface area (Å²) >= 11 is 0. The lowest BCUT2D eigenvalue weighted by atomic mass is 10.2. The topological polar surface area (TPSA) is 71.1 Å². The minimum atomic E-state index is -3.61. The zero-order valence-electron chi connectivity index (χ0n) is 14.7. The predicted molar refractivity (Wildman–Crippen MR) is 105 cm³/mol. The molecular formula is C20H21N3O2S. The van der Waals surface area contributed by atoms with Crippen LogP contribution in [0.3, 0.4) is 0 Å². The van der Waals surface area contributed by atoms with E-state index >= 15 is 0 Å².